The number of nitrogens with one attached hydrogen (secondary N) is 2. The van der Waals surface area contributed by atoms with E-state index in [-0.39, 0.29) is 11.7 Å². The summed E-state index contributed by atoms with van der Waals surface area (Å²) in [4.78, 5) is 25.1. The molecule has 3 N–H and O–H groups in total. The number of H-pyrrole nitrogens is 1. The largest absolute Gasteiger partial charge is 0.465 e. The molecule has 6 heteroatoms. The van der Waals surface area contributed by atoms with Gasteiger partial charge >= 0.3 is 11.8 Å². The van der Waals surface area contributed by atoms with E-state index in [2.05, 4.69) is 10.3 Å². The predicted octanol–water partition coefficient (Wildman–Crippen LogP) is 0.522. The van der Waals surface area contributed by atoms with Gasteiger partial charge in [0.2, 0.25) is 0 Å². The third-order valence-corrected chi connectivity index (χ3v) is 3.07. The molecule has 0 radical (unpaired) electrons. The van der Waals surface area contributed by atoms with Crippen molar-refractivity contribution in [2.45, 2.75) is 19.0 Å². The Morgan fingerprint density at radius 3 is 3.12 bits per heavy atom. The first-order valence-corrected chi connectivity index (χ1v) is 5.35. The van der Waals surface area contributed by atoms with Gasteiger partial charge in [-0.2, -0.15) is 0 Å². The Morgan fingerprint density at radius 1 is 1.53 bits per heavy atom. The van der Waals surface area contributed by atoms with Gasteiger partial charge in [-0.05, 0) is 18.1 Å². The van der Waals surface area contributed by atoms with E-state index >= 15 is 0 Å². The lowest BCUT2D eigenvalue weighted by molar-refractivity contribution is 0.188. The lowest BCUT2D eigenvalue weighted by Gasteiger charge is -2.23. The Bertz CT molecular complexity index is 656. The molecular formula is C11H11N3O3. The van der Waals surface area contributed by atoms with E-state index in [1.54, 1.807) is 4.57 Å². The van der Waals surface area contributed by atoms with Gasteiger partial charge in [0.15, 0.2) is 0 Å². The Hall–Kier alpha value is -2.24. The van der Waals surface area contributed by atoms with Crippen molar-refractivity contribution in [3.05, 3.63) is 34.2 Å². The number of para-hydroxylation sites is 1. The predicted molar refractivity (Wildman–Crippen MR) is 61.2 cm³/mol. The van der Waals surface area contributed by atoms with E-state index in [1.165, 1.54) is 0 Å². The van der Waals surface area contributed by atoms with Crippen molar-refractivity contribution in [3.8, 4) is 0 Å². The van der Waals surface area contributed by atoms with Gasteiger partial charge in [-0.1, -0.05) is 12.1 Å². The van der Waals surface area contributed by atoms with Crippen LogP contribution in [0.3, 0.4) is 0 Å². The van der Waals surface area contributed by atoms with Crippen molar-refractivity contribution in [2.24, 2.45) is 0 Å². The summed E-state index contributed by atoms with van der Waals surface area (Å²) in [7, 11) is 0. The van der Waals surface area contributed by atoms with E-state index < -0.39 is 6.09 Å². The number of hydrogen-bond donors (Lipinski definition) is 3. The molecule has 88 valence electrons. The fourth-order valence-corrected chi connectivity index (χ4v) is 2.46. The van der Waals surface area contributed by atoms with Crippen LogP contribution in [0.4, 0.5) is 4.79 Å². The molecule has 1 atom stereocenters. The van der Waals surface area contributed by atoms with E-state index in [4.69, 9.17) is 5.11 Å². The molecule has 1 unspecified atom stereocenters. The molecule has 0 aliphatic carbocycles. The SMILES string of the molecule is O=C(O)NC1Cc2cccc3[nH]c(=O)n(c23)C1. The lowest BCUT2D eigenvalue weighted by atomic mass is 10.0. The summed E-state index contributed by atoms with van der Waals surface area (Å²) in [5.41, 5.74) is 2.50. The molecule has 2 aromatic rings. The fraction of sp³-hybridized carbons (Fsp3) is 0.273. The summed E-state index contributed by atoms with van der Waals surface area (Å²) >= 11 is 0. The quantitative estimate of drug-likeness (QED) is 0.671. The second kappa shape index (κ2) is 3.38. The molecule has 1 amide bonds. The maximum Gasteiger partial charge on any atom is 0.404 e. The van der Waals surface area contributed by atoms with Crippen LogP contribution in [0.15, 0.2) is 23.0 Å². The molecule has 1 aliphatic heterocycles. The average molecular weight is 233 g/mol. The van der Waals surface area contributed by atoms with Crippen LogP contribution >= 0.6 is 0 Å². The Morgan fingerprint density at radius 2 is 2.35 bits per heavy atom. The van der Waals surface area contributed by atoms with Crippen molar-refractivity contribution in [3.63, 3.8) is 0 Å². The maximum absolute atomic E-state index is 11.7. The van der Waals surface area contributed by atoms with E-state index in [0.717, 1.165) is 16.6 Å². The third-order valence-electron chi connectivity index (χ3n) is 3.07. The smallest absolute Gasteiger partial charge is 0.404 e. The minimum Gasteiger partial charge on any atom is -0.465 e. The highest BCUT2D eigenvalue weighted by atomic mass is 16.4. The number of hydrogen-bond acceptors (Lipinski definition) is 2. The van der Waals surface area contributed by atoms with Crippen molar-refractivity contribution in [1.82, 2.24) is 14.9 Å². The first-order valence-electron chi connectivity index (χ1n) is 5.35. The van der Waals surface area contributed by atoms with Crippen LogP contribution in [0.1, 0.15) is 5.56 Å². The molecular weight excluding hydrogens is 222 g/mol. The zero-order valence-electron chi connectivity index (χ0n) is 8.93. The molecule has 0 saturated carbocycles. The van der Waals surface area contributed by atoms with E-state index in [9.17, 15) is 9.59 Å². The van der Waals surface area contributed by atoms with E-state index in [1.807, 2.05) is 18.2 Å². The molecule has 1 aromatic heterocycles. The van der Waals surface area contributed by atoms with Gasteiger partial charge in [0.05, 0.1) is 17.1 Å². The summed E-state index contributed by atoms with van der Waals surface area (Å²) in [6.45, 7) is 0.377. The number of nitrogens with zero attached hydrogens (tertiary/aromatic N) is 1. The zero-order valence-corrected chi connectivity index (χ0v) is 8.93. The van der Waals surface area contributed by atoms with Gasteiger partial charge in [0, 0.05) is 6.54 Å². The number of imidazole rings is 1. The van der Waals surface area contributed by atoms with Crippen molar-refractivity contribution < 1.29 is 9.90 Å². The van der Waals surface area contributed by atoms with Crippen molar-refractivity contribution >= 4 is 17.1 Å². The molecule has 17 heavy (non-hydrogen) atoms. The van der Waals surface area contributed by atoms with E-state index in [0.29, 0.717) is 13.0 Å². The summed E-state index contributed by atoms with van der Waals surface area (Å²) in [5, 5.41) is 11.1. The van der Waals surface area contributed by atoms with Crippen LogP contribution in [0.2, 0.25) is 0 Å². The van der Waals surface area contributed by atoms with Gasteiger partial charge in [-0.25, -0.2) is 9.59 Å². The monoisotopic (exact) mass is 233 g/mol. The molecule has 1 aromatic carbocycles. The van der Waals surface area contributed by atoms with Crippen LogP contribution in [0.25, 0.3) is 11.0 Å². The van der Waals surface area contributed by atoms with Crippen molar-refractivity contribution in [1.29, 1.82) is 0 Å². The summed E-state index contributed by atoms with van der Waals surface area (Å²) in [6, 6.07) is 5.38. The molecule has 0 bridgehead atoms. The Kier molecular flexibility index (Phi) is 1.98. The number of amides is 1. The molecule has 3 rings (SSSR count). The van der Waals surface area contributed by atoms with Gasteiger partial charge in [0.25, 0.3) is 0 Å². The minimum atomic E-state index is -1.06. The summed E-state index contributed by atoms with van der Waals surface area (Å²) in [5.74, 6) is 0. The summed E-state index contributed by atoms with van der Waals surface area (Å²) in [6.07, 6.45) is -0.449. The molecule has 2 heterocycles. The van der Waals surface area contributed by atoms with Gasteiger partial charge < -0.3 is 15.4 Å². The van der Waals surface area contributed by atoms with Crippen molar-refractivity contribution in [2.75, 3.05) is 0 Å². The number of aromatic amines is 1. The standard InChI is InChI=1S/C11H11N3O3/c15-10-13-8-3-1-2-6-4-7(12-11(16)17)5-14(10)9(6)8/h1-3,7,12H,4-5H2,(H,13,15)(H,16,17). The second-order valence-electron chi connectivity index (χ2n) is 4.20. The number of rotatable bonds is 1. The lowest BCUT2D eigenvalue weighted by Crippen LogP contribution is -2.42. The first kappa shape index (κ1) is 9.95. The minimum absolute atomic E-state index is 0.190. The molecule has 0 saturated heterocycles. The number of aromatic nitrogens is 2. The first-order chi connectivity index (χ1) is 8.15. The average Bonchev–Trinajstić information content (AvgIpc) is 2.57. The third kappa shape index (κ3) is 1.49. The van der Waals surface area contributed by atoms with Gasteiger partial charge in [0.1, 0.15) is 0 Å². The normalized spacial score (nSPS) is 18.2. The Labute approximate surface area is 95.9 Å². The number of benzene rings is 1. The topological polar surface area (TPSA) is 87.1 Å². The highest BCUT2D eigenvalue weighted by Crippen LogP contribution is 2.22. The fourth-order valence-electron chi connectivity index (χ4n) is 2.46. The Balaban J connectivity index is 2.12. The van der Waals surface area contributed by atoms with Crippen LogP contribution in [-0.2, 0) is 13.0 Å². The van der Waals surface area contributed by atoms with Gasteiger partial charge in [-0.15, -0.1) is 0 Å². The zero-order chi connectivity index (χ0) is 12.0. The summed E-state index contributed by atoms with van der Waals surface area (Å²) < 4.78 is 1.59. The molecule has 1 aliphatic rings. The second-order valence-corrected chi connectivity index (χ2v) is 4.20. The number of carboxylic acid groups (broad SMARTS) is 1. The van der Waals surface area contributed by atoms with Crippen LogP contribution in [-0.4, -0.2) is 26.8 Å². The highest BCUT2D eigenvalue weighted by Gasteiger charge is 2.23. The molecule has 0 fully saturated rings. The maximum atomic E-state index is 11.7. The van der Waals surface area contributed by atoms with Gasteiger partial charge in [-0.3, -0.25) is 4.57 Å². The molecule has 6 nitrogen and oxygen atoms in total. The van der Waals surface area contributed by atoms with Crippen LogP contribution in [0.5, 0.6) is 0 Å². The van der Waals surface area contributed by atoms with Crippen LogP contribution < -0.4 is 11.0 Å². The van der Waals surface area contributed by atoms with Crippen LogP contribution in [0, 0.1) is 0 Å². The number of carbonyl (C=O) groups is 1. The molecule has 0 spiro atoms. The highest BCUT2D eigenvalue weighted by molar-refractivity contribution is 5.80.